The molecule has 166 valence electrons. The first-order valence-corrected chi connectivity index (χ1v) is 11.5. The van der Waals surface area contributed by atoms with Gasteiger partial charge in [-0.05, 0) is 18.1 Å². The van der Waals surface area contributed by atoms with E-state index >= 15 is 0 Å². The Morgan fingerprint density at radius 1 is 1.00 bits per heavy atom. The monoisotopic (exact) mass is 453 g/mol. The van der Waals surface area contributed by atoms with Crippen molar-refractivity contribution in [2.45, 2.75) is 96.4 Å². The van der Waals surface area contributed by atoms with Gasteiger partial charge < -0.3 is 20.2 Å². The summed E-state index contributed by atoms with van der Waals surface area (Å²) in [6.07, 6.45) is 15.0. The van der Waals surface area contributed by atoms with Gasteiger partial charge in [0.25, 0.3) is 0 Å². The first kappa shape index (κ1) is 26.6. The predicted octanol–water partition coefficient (Wildman–Crippen LogP) is 1.65. The number of carbonyl (C=O) groups excluding carboxylic acids is 2. The van der Waals surface area contributed by atoms with Crippen LogP contribution in [0, 0.1) is 0 Å². The maximum atomic E-state index is 12.2. The summed E-state index contributed by atoms with van der Waals surface area (Å²) < 4.78 is 7.12. The molecule has 1 heterocycles. The second-order valence-corrected chi connectivity index (χ2v) is 8.14. The Morgan fingerprint density at radius 3 is 2.26 bits per heavy atom. The number of hydrogen-bond acceptors (Lipinski definition) is 3. The largest absolute Gasteiger partial charge is 1.00 e. The Hall–Kier alpha value is -0.664. The van der Waals surface area contributed by atoms with E-state index in [1.54, 1.807) is 6.20 Å². The van der Waals surface area contributed by atoms with Crippen LogP contribution < -0.4 is 61.8 Å². The van der Waals surface area contributed by atoms with Crippen molar-refractivity contribution in [3.63, 3.8) is 0 Å². The quantitative estimate of drug-likeness (QED) is 0.299. The molecule has 0 saturated carbocycles. The Kier molecular flexibility index (Phi) is 14.5. The Morgan fingerprint density at radius 2 is 1.61 bits per heavy atom. The molecule has 2 aromatic rings. The van der Waals surface area contributed by atoms with Crippen LogP contribution in [0.3, 0.4) is 0 Å². The van der Waals surface area contributed by atoms with Crippen molar-refractivity contribution in [2.75, 3.05) is 0 Å². The van der Waals surface area contributed by atoms with Crippen LogP contribution in [0.5, 0.6) is 0 Å². The van der Waals surface area contributed by atoms with Crippen molar-refractivity contribution in [3.05, 3.63) is 36.0 Å². The van der Waals surface area contributed by atoms with Gasteiger partial charge in [0.15, 0.2) is 0 Å². The second kappa shape index (κ2) is 16.9. The van der Waals surface area contributed by atoms with Crippen molar-refractivity contribution in [3.8, 4) is 0 Å². The van der Waals surface area contributed by atoms with Crippen LogP contribution in [0.4, 0.5) is 0 Å². The molecule has 31 heavy (non-hydrogen) atoms. The summed E-state index contributed by atoms with van der Waals surface area (Å²) in [5.74, 6) is -1.47. The number of amides is 1. The molecule has 0 fully saturated rings. The summed E-state index contributed by atoms with van der Waals surface area (Å²) in [6.45, 7) is 0.552. The molecule has 0 aliphatic rings. The van der Waals surface area contributed by atoms with Crippen molar-refractivity contribution < 1.29 is 67.5 Å². The minimum absolute atomic E-state index is 0. The maximum Gasteiger partial charge on any atom is 1.00 e. The number of hydrogen-bond donors (Lipinski definition) is 2. The second-order valence-electron chi connectivity index (χ2n) is 8.14. The van der Waals surface area contributed by atoms with Gasteiger partial charge in [-0.2, -0.15) is 0 Å². The molecule has 0 spiro atoms. The number of aromatic nitrogens is 1. The van der Waals surface area contributed by atoms with Gasteiger partial charge in [0.05, 0.1) is 12.0 Å². The van der Waals surface area contributed by atoms with Gasteiger partial charge in [0.1, 0.15) is 0 Å². The van der Waals surface area contributed by atoms with Crippen molar-refractivity contribution >= 4 is 22.8 Å². The van der Waals surface area contributed by atoms with Crippen molar-refractivity contribution in [1.29, 1.82) is 0 Å². The molecule has 1 amide bonds. The zero-order valence-corrected chi connectivity index (χ0v) is 22.2. The number of para-hydroxylation sites is 1. The van der Waals surface area contributed by atoms with Crippen LogP contribution in [-0.4, -0.2) is 22.9 Å². The number of rotatable bonds is 16. The molecular formula is C25H37KN2O3. The van der Waals surface area contributed by atoms with E-state index in [2.05, 4.69) is 10.3 Å². The number of unbranched alkanes of at least 4 members (excludes halogenated alkanes) is 10. The van der Waals surface area contributed by atoms with E-state index in [1.165, 1.54) is 44.9 Å². The fraction of sp³-hybridized carbons (Fsp3) is 0.600. The summed E-state index contributed by atoms with van der Waals surface area (Å²) in [4.78, 5) is 26.9. The predicted molar refractivity (Wildman–Crippen MR) is 120 cm³/mol. The van der Waals surface area contributed by atoms with E-state index in [0.29, 0.717) is 13.3 Å². The van der Waals surface area contributed by atoms with Gasteiger partial charge in [-0.25, -0.2) is 0 Å². The van der Waals surface area contributed by atoms with E-state index < -0.39 is 12.0 Å². The summed E-state index contributed by atoms with van der Waals surface area (Å²) in [5, 5.41) is 15.1. The average molecular weight is 454 g/mol. The molecule has 2 rings (SSSR count). The van der Waals surface area contributed by atoms with Gasteiger partial charge in [-0.3, -0.25) is 4.79 Å². The van der Waals surface area contributed by atoms with Gasteiger partial charge in [0.2, 0.25) is 5.91 Å². The average Bonchev–Trinajstić information content (AvgIpc) is 3.17. The van der Waals surface area contributed by atoms with Crippen LogP contribution in [0.15, 0.2) is 30.5 Å². The molecule has 0 aliphatic carbocycles. The fourth-order valence-corrected chi connectivity index (χ4v) is 3.86. The molecule has 0 unspecified atom stereocenters. The van der Waals surface area contributed by atoms with Crippen LogP contribution in [0.25, 0.3) is 10.9 Å². The summed E-state index contributed by atoms with van der Waals surface area (Å²) in [7, 11) is 0. The van der Waals surface area contributed by atoms with E-state index in [1.807, 2.05) is 24.3 Å². The van der Waals surface area contributed by atoms with Crippen molar-refractivity contribution in [2.24, 2.45) is 0 Å². The number of carboxylic acids is 1. The molecule has 0 aliphatic heterocycles. The van der Waals surface area contributed by atoms with E-state index in [9.17, 15) is 14.7 Å². The number of H-pyrrole nitrogens is 1. The molecule has 1 atom stereocenters. The first-order valence-electron chi connectivity index (χ1n) is 12.2. The smallest absolute Gasteiger partial charge is 0.548 e. The number of nitrogens with one attached hydrogen (secondary N) is 2. The Balaban J connectivity index is 0.00000512. The number of carbonyl (C=O) groups is 2. The van der Waals surface area contributed by atoms with Crippen LogP contribution in [-0.2, 0) is 16.0 Å². The van der Waals surface area contributed by atoms with Crippen LogP contribution in [0.1, 0.15) is 90.9 Å². The first-order chi connectivity index (χ1) is 15.1. The van der Waals surface area contributed by atoms with E-state index in [-0.39, 0.29) is 63.7 Å². The zero-order chi connectivity index (χ0) is 22.3. The Labute approximate surface area is 231 Å². The van der Waals surface area contributed by atoms with Gasteiger partial charge in [0, 0.05) is 31.3 Å². The number of carboxylic acid groups (broad SMARTS) is 1. The third kappa shape index (κ3) is 11.2. The third-order valence-electron chi connectivity index (χ3n) is 5.62. The van der Waals surface area contributed by atoms with Crippen LogP contribution >= 0.6 is 0 Å². The molecule has 0 bridgehead atoms. The van der Waals surface area contributed by atoms with Gasteiger partial charge in [-0.15, -0.1) is 0 Å². The van der Waals surface area contributed by atoms with Gasteiger partial charge >= 0.3 is 51.4 Å². The normalized spacial score (nSPS) is 12.2. The van der Waals surface area contributed by atoms with Gasteiger partial charge in [-0.1, -0.05) is 89.3 Å². The van der Waals surface area contributed by atoms with Crippen LogP contribution in [0.2, 0.25) is 0 Å². The summed E-state index contributed by atoms with van der Waals surface area (Å²) in [6, 6.07) is 6.69. The third-order valence-corrected chi connectivity index (χ3v) is 5.62. The minimum Gasteiger partial charge on any atom is -0.548 e. The Bertz CT molecular complexity index is 796. The molecule has 0 saturated heterocycles. The fourth-order valence-electron chi connectivity index (χ4n) is 3.86. The minimum atomic E-state index is -1.25. The number of fused-ring (bicyclic) bond motifs is 1. The molecule has 1 aromatic heterocycles. The number of benzene rings is 1. The molecule has 2 N–H and O–H groups in total. The van der Waals surface area contributed by atoms with E-state index in [0.717, 1.165) is 42.1 Å². The summed E-state index contributed by atoms with van der Waals surface area (Å²) in [5.41, 5.74) is 1.81. The molecule has 1 aromatic carbocycles. The molecular weight excluding hydrogens is 415 g/mol. The van der Waals surface area contributed by atoms with E-state index in [4.69, 9.17) is 1.37 Å². The zero-order valence-electron chi connectivity index (χ0n) is 20.1. The standard InChI is InChI=1S/C25H38N2O3.K/c1-2-3-4-5-6-7-8-9-10-11-12-17-24(28)27-23(25(29)30)18-20-19-26-22-16-14-13-15-21(20)22;/h13-16,19,23,26H,2-12,17-18H2,1H3,(H,27,28)(H,29,30);/q;+1/p-1/t23-;/m0./s1/i1D;. The molecule has 5 nitrogen and oxygen atoms in total. The summed E-state index contributed by atoms with van der Waals surface area (Å²) >= 11 is 0. The number of aromatic amines is 1. The molecule has 6 heteroatoms. The molecule has 0 radical (unpaired) electrons. The van der Waals surface area contributed by atoms with Crippen molar-refractivity contribution in [1.82, 2.24) is 10.3 Å². The number of aliphatic carboxylic acids is 1. The topological polar surface area (TPSA) is 85.0 Å². The SMILES string of the molecule is [2H]CCCCCCCCCCCCCC(=O)N[C@@H](Cc1c[nH]c2ccccc12)C(=O)[O-].[K+]. The maximum absolute atomic E-state index is 12.2.